The topological polar surface area (TPSA) is 310 Å². The first-order valence-electron chi connectivity index (χ1n) is 22.8. The molecule has 0 atom stereocenters. The van der Waals surface area contributed by atoms with Crippen molar-refractivity contribution in [3.63, 3.8) is 0 Å². The fourth-order valence-corrected chi connectivity index (χ4v) is 5.32. The van der Waals surface area contributed by atoms with Gasteiger partial charge in [-0.15, -0.1) is 11.6 Å². The molecule has 0 aromatic carbocycles. The average Bonchev–Trinajstić information content (AvgIpc) is 4.12. The van der Waals surface area contributed by atoms with E-state index in [0.29, 0.717) is 51.2 Å². The van der Waals surface area contributed by atoms with Gasteiger partial charge in [0.15, 0.2) is 12.6 Å². The predicted octanol–water partition coefficient (Wildman–Crippen LogP) is 6.48. The summed E-state index contributed by atoms with van der Waals surface area (Å²) in [5.74, 6) is 3.92. The molecule has 2 aliphatic rings. The average molecular weight is 963 g/mol. The number of amidine groups is 2. The lowest BCUT2D eigenvalue weighted by molar-refractivity contribution is -0.108. The van der Waals surface area contributed by atoms with Crippen molar-refractivity contribution in [2.45, 2.75) is 109 Å². The van der Waals surface area contributed by atoms with Gasteiger partial charge in [0.1, 0.15) is 35.4 Å². The van der Waals surface area contributed by atoms with Crippen molar-refractivity contribution < 1.29 is 44.4 Å². The molecular weight excluding hydrogens is 886 g/mol. The summed E-state index contributed by atoms with van der Waals surface area (Å²) in [7, 11) is 0. The number of nitrogens with two attached hydrogens (primary N) is 2. The van der Waals surface area contributed by atoms with Gasteiger partial charge >= 0.3 is 0 Å². The molecule has 0 unspecified atom stereocenters. The highest BCUT2D eigenvalue weighted by Crippen LogP contribution is 2.11. The molecule has 0 amide bonds. The quantitative estimate of drug-likeness (QED) is 0.00791. The van der Waals surface area contributed by atoms with Gasteiger partial charge < -0.3 is 71.8 Å². The number of halogens is 1. The van der Waals surface area contributed by atoms with Crippen LogP contribution >= 0.6 is 11.6 Å². The number of aromatic nitrogens is 3. The van der Waals surface area contributed by atoms with Crippen LogP contribution in [0, 0.1) is 11.3 Å². The van der Waals surface area contributed by atoms with E-state index in [-0.39, 0.29) is 37.5 Å². The van der Waals surface area contributed by atoms with Crippen molar-refractivity contribution in [2.75, 3.05) is 81.1 Å². The van der Waals surface area contributed by atoms with Gasteiger partial charge in [0, 0.05) is 89.4 Å². The summed E-state index contributed by atoms with van der Waals surface area (Å²) < 4.78 is 20.6. The van der Waals surface area contributed by atoms with E-state index in [4.69, 9.17) is 67.9 Å². The summed E-state index contributed by atoms with van der Waals surface area (Å²) in [5, 5.41) is 56.7. The minimum atomic E-state index is -0.0443. The van der Waals surface area contributed by atoms with E-state index in [0.717, 1.165) is 121 Å². The Hall–Kier alpha value is -5.40. The van der Waals surface area contributed by atoms with E-state index < -0.39 is 0 Å². The van der Waals surface area contributed by atoms with Crippen LogP contribution in [0.3, 0.4) is 0 Å². The number of carbonyl (C=O) groups excluding carboxylic acids is 1. The molecular formula is C46H76ClN11O9. The van der Waals surface area contributed by atoms with Gasteiger partial charge in [-0.25, -0.2) is 15.0 Å². The van der Waals surface area contributed by atoms with Crippen LogP contribution in [0.4, 0.5) is 17.5 Å². The van der Waals surface area contributed by atoms with Gasteiger partial charge in [-0.1, -0.05) is 28.5 Å². The monoisotopic (exact) mass is 962 g/mol. The zero-order chi connectivity index (χ0) is 49.1. The molecule has 2 fully saturated rings. The number of oxime groups is 2. The van der Waals surface area contributed by atoms with Gasteiger partial charge in [-0.3, -0.25) is 0 Å². The fourth-order valence-electron chi connectivity index (χ4n) is 5.17. The summed E-state index contributed by atoms with van der Waals surface area (Å²) in [6.07, 6.45) is 18.2. The van der Waals surface area contributed by atoms with Crippen LogP contribution < -0.4 is 27.4 Å². The van der Waals surface area contributed by atoms with Crippen LogP contribution in [0.5, 0.6) is 0 Å². The minimum absolute atomic E-state index is 0.0312. The van der Waals surface area contributed by atoms with Gasteiger partial charge in [-0.2, -0.15) is 5.26 Å². The standard InChI is InChI=1S/2C10H16N4O.C10H13N3.C6H11ClO2.C6H12O3.C4H8O2/c2*11-9(14-15)5-1-3-7-12-10-6-2-4-8-13-10;11-7-3-1-4-8-12-10-6-2-5-9-13-10;2*7-3-1-2-6-8-4-5-9-6;5-3-1-2-4-6/h2*2,4,6,8,15H,1,3,5,7H2,(H2,11,14)(H,12,13);2,5-6,9H,1,3-4,8H2,(H,12,13);6H,1-5H2;6-7H,1-5H2;3,6H,1-2,4H2. The number of anilines is 3. The van der Waals surface area contributed by atoms with Crippen molar-refractivity contribution in [1.29, 1.82) is 5.26 Å². The summed E-state index contributed by atoms with van der Waals surface area (Å²) in [4.78, 5) is 21.8. The molecule has 5 rings (SSSR count). The Morgan fingerprint density at radius 3 is 1.37 bits per heavy atom. The fraction of sp³-hybridized carbons (Fsp3) is 0.587. The Morgan fingerprint density at radius 2 is 1.06 bits per heavy atom. The maximum Gasteiger partial charge on any atom is 0.157 e. The number of aldehydes is 1. The van der Waals surface area contributed by atoms with E-state index in [1.165, 1.54) is 0 Å². The molecule has 376 valence electrons. The maximum absolute atomic E-state index is 9.45. The SMILES string of the molecule is ClCCCC1OCCO1.N#CCCCCNc1ccccn1.N/C(CCCCNc1ccccn1)=N\O.N/C(CCCCNc1ccccn1)=N\O.O=CCCCO.OCCCC1OCCO1. The Morgan fingerprint density at radius 1 is 0.657 bits per heavy atom. The highest BCUT2D eigenvalue weighted by Gasteiger charge is 2.15. The highest BCUT2D eigenvalue weighted by molar-refractivity contribution is 6.17. The van der Waals surface area contributed by atoms with E-state index in [1.54, 1.807) is 18.6 Å². The number of rotatable bonds is 26. The second-order valence-electron chi connectivity index (χ2n) is 14.2. The number of aliphatic hydroxyl groups excluding tert-OH is 2. The molecule has 0 aliphatic carbocycles. The summed E-state index contributed by atoms with van der Waals surface area (Å²) >= 11 is 5.47. The molecule has 5 heterocycles. The molecule has 0 radical (unpaired) electrons. The van der Waals surface area contributed by atoms with Crippen molar-refractivity contribution in [3.05, 3.63) is 73.2 Å². The zero-order valence-corrected chi connectivity index (χ0v) is 39.6. The van der Waals surface area contributed by atoms with E-state index >= 15 is 0 Å². The lowest BCUT2D eigenvalue weighted by atomic mass is 10.2. The normalized spacial score (nSPS) is 13.2. The number of carbonyl (C=O) groups is 1. The largest absolute Gasteiger partial charge is 0.409 e. The van der Waals surface area contributed by atoms with Gasteiger partial charge in [0.25, 0.3) is 0 Å². The van der Waals surface area contributed by atoms with Crippen LogP contribution in [0.25, 0.3) is 0 Å². The van der Waals surface area contributed by atoms with Crippen LogP contribution in [0.1, 0.15) is 96.3 Å². The maximum atomic E-state index is 9.45. The summed E-state index contributed by atoms with van der Waals surface area (Å²) in [6, 6.07) is 19.4. The minimum Gasteiger partial charge on any atom is -0.409 e. The van der Waals surface area contributed by atoms with Crippen molar-refractivity contribution >= 4 is 47.0 Å². The second-order valence-corrected chi connectivity index (χ2v) is 14.6. The molecule has 67 heavy (non-hydrogen) atoms. The molecule has 3 aromatic rings. The first kappa shape index (κ1) is 61.6. The first-order chi connectivity index (χ1) is 32.9. The Balaban J connectivity index is 0.000000799. The molecule has 20 nitrogen and oxygen atoms in total. The number of alkyl halides is 1. The molecule has 0 bridgehead atoms. The zero-order valence-electron chi connectivity index (χ0n) is 38.9. The van der Waals surface area contributed by atoms with E-state index in [9.17, 15) is 4.79 Å². The number of hydrogen-bond acceptors (Lipinski definition) is 18. The molecule has 0 spiro atoms. The third-order valence-corrected chi connectivity index (χ3v) is 8.91. The molecule has 3 aromatic heterocycles. The molecule has 2 saturated heterocycles. The Bertz CT molecular complexity index is 1530. The molecule has 21 heteroatoms. The molecule has 0 saturated carbocycles. The molecule has 2 aliphatic heterocycles. The lowest BCUT2D eigenvalue weighted by Crippen LogP contribution is -2.12. The van der Waals surface area contributed by atoms with Crippen molar-refractivity contribution in [1.82, 2.24) is 15.0 Å². The van der Waals surface area contributed by atoms with Crippen LogP contribution in [-0.4, -0.2) is 131 Å². The third-order valence-electron chi connectivity index (χ3n) is 8.64. The number of pyridine rings is 3. The van der Waals surface area contributed by atoms with Crippen LogP contribution in [0.2, 0.25) is 0 Å². The number of ether oxygens (including phenoxy) is 4. The first-order valence-corrected chi connectivity index (χ1v) is 23.3. The van der Waals surface area contributed by atoms with Crippen LogP contribution in [0.15, 0.2) is 83.5 Å². The Kier molecular flexibility index (Phi) is 44.6. The van der Waals surface area contributed by atoms with Gasteiger partial charge in [0.05, 0.1) is 32.5 Å². The van der Waals surface area contributed by atoms with E-state index in [2.05, 4.69) is 47.3 Å². The number of nitrogens with one attached hydrogen (secondary N) is 3. The lowest BCUT2D eigenvalue weighted by Gasteiger charge is -2.05. The summed E-state index contributed by atoms with van der Waals surface area (Å²) in [5.41, 5.74) is 10.7. The number of nitriles is 1. The molecule has 11 N–H and O–H groups in total. The number of nitrogens with zero attached hydrogens (tertiary/aromatic N) is 6. The summed E-state index contributed by atoms with van der Waals surface area (Å²) in [6.45, 7) is 5.82. The van der Waals surface area contributed by atoms with Gasteiger partial charge in [-0.05, 0) is 101 Å². The van der Waals surface area contributed by atoms with Gasteiger partial charge in [0.2, 0.25) is 0 Å². The van der Waals surface area contributed by atoms with Crippen molar-refractivity contribution in [2.24, 2.45) is 21.8 Å². The number of unbranched alkanes of at least 4 members (excludes halogenated alkanes) is 5. The highest BCUT2D eigenvalue weighted by atomic mass is 35.5. The second kappa shape index (κ2) is 48.5. The van der Waals surface area contributed by atoms with Crippen LogP contribution in [-0.2, 0) is 23.7 Å². The Labute approximate surface area is 401 Å². The number of hydrogen-bond donors (Lipinski definition) is 9. The van der Waals surface area contributed by atoms with E-state index in [1.807, 2.05) is 54.6 Å². The third kappa shape index (κ3) is 41.8. The number of aliphatic hydroxyl groups is 2. The predicted molar refractivity (Wildman–Crippen MR) is 262 cm³/mol. The van der Waals surface area contributed by atoms with Crippen molar-refractivity contribution in [3.8, 4) is 6.07 Å². The smallest absolute Gasteiger partial charge is 0.157 e.